The molecular formula is C26H22Cl2N2O6S. The summed E-state index contributed by atoms with van der Waals surface area (Å²) in [5.41, 5.74) is 2.02. The summed E-state index contributed by atoms with van der Waals surface area (Å²) in [6, 6.07) is 9.64. The summed E-state index contributed by atoms with van der Waals surface area (Å²) in [5.74, 6) is 0.534. The van der Waals surface area contributed by atoms with Gasteiger partial charge in [0.2, 0.25) is 11.5 Å². The van der Waals surface area contributed by atoms with Gasteiger partial charge in [-0.05, 0) is 48.9 Å². The molecule has 0 radical (unpaired) electrons. The lowest BCUT2D eigenvalue weighted by atomic mass is 9.96. The van der Waals surface area contributed by atoms with E-state index >= 15 is 0 Å². The van der Waals surface area contributed by atoms with Gasteiger partial charge in [0, 0.05) is 5.56 Å². The topological polar surface area (TPSA) is 96.0 Å². The first kappa shape index (κ1) is 26.5. The monoisotopic (exact) mass is 560 g/mol. The Hall–Kier alpha value is -3.53. The second kappa shape index (κ2) is 10.8. The molecule has 0 atom stereocenters. The van der Waals surface area contributed by atoms with Crippen molar-refractivity contribution in [2.75, 3.05) is 33.8 Å². The highest BCUT2D eigenvalue weighted by molar-refractivity contribution is 7.22. The van der Waals surface area contributed by atoms with Crippen LogP contribution in [0, 0.1) is 6.92 Å². The molecule has 0 spiro atoms. The fourth-order valence-corrected chi connectivity index (χ4v) is 5.20. The molecule has 0 saturated heterocycles. The van der Waals surface area contributed by atoms with E-state index in [9.17, 15) is 9.59 Å². The fourth-order valence-electron chi connectivity index (χ4n) is 3.90. The standard InChI is InChI=1S/C26H22Cl2N2O6S/c1-12-10-18(34-3)22(35-4)23(36-5)19(12)21(31)20-17(33-2)9-8-16-24(20)37-26(29-16)30-25(32)13-6-7-14(27)15(28)11-13/h6-11H,1-5H3,(H,29,30,32). The second-order valence-electron chi connectivity index (χ2n) is 7.76. The van der Waals surface area contributed by atoms with E-state index in [-0.39, 0.29) is 22.1 Å². The molecule has 4 aromatic rings. The summed E-state index contributed by atoms with van der Waals surface area (Å²) in [6.45, 7) is 1.78. The highest BCUT2D eigenvalue weighted by Crippen LogP contribution is 2.45. The number of hydrogen-bond donors (Lipinski definition) is 1. The van der Waals surface area contributed by atoms with E-state index in [4.69, 9.17) is 42.1 Å². The van der Waals surface area contributed by atoms with Crippen LogP contribution in [-0.2, 0) is 0 Å². The first-order chi connectivity index (χ1) is 17.7. The number of ether oxygens (including phenoxy) is 4. The van der Waals surface area contributed by atoms with Gasteiger partial charge in [0.15, 0.2) is 16.6 Å². The van der Waals surface area contributed by atoms with Crippen molar-refractivity contribution >= 4 is 61.6 Å². The maximum atomic E-state index is 14.0. The molecule has 3 aromatic carbocycles. The number of nitrogens with zero attached hydrogens (tertiary/aromatic N) is 1. The van der Waals surface area contributed by atoms with Crippen LogP contribution in [0.5, 0.6) is 23.0 Å². The molecule has 1 amide bonds. The smallest absolute Gasteiger partial charge is 0.257 e. The largest absolute Gasteiger partial charge is 0.496 e. The van der Waals surface area contributed by atoms with Gasteiger partial charge in [-0.25, -0.2) is 4.98 Å². The van der Waals surface area contributed by atoms with Crippen LogP contribution in [0.25, 0.3) is 10.2 Å². The third kappa shape index (κ3) is 4.90. The first-order valence-corrected chi connectivity index (χ1v) is 12.4. The second-order valence-corrected chi connectivity index (χ2v) is 9.57. The van der Waals surface area contributed by atoms with Crippen LogP contribution in [0.3, 0.4) is 0 Å². The van der Waals surface area contributed by atoms with Crippen LogP contribution >= 0.6 is 34.5 Å². The number of hydrogen-bond acceptors (Lipinski definition) is 8. The Bertz CT molecular complexity index is 1540. The number of benzene rings is 3. The molecule has 0 fully saturated rings. The highest BCUT2D eigenvalue weighted by atomic mass is 35.5. The molecule has 0 aliphatic carbocycles. The molecule has 0 bridgehead atoms. The van der Waals surface area contributed by atoms with Crippen molar-refractivity contribution in [1.82, 2.24) is 4.98 Å². The minimum absolute atomic E-state index is 0.237. The van der Waals surface area contributed by atoms with Crippen LogP contribution in [0.1, 0.15) is 31.8 Å². The van der Waals surface area contributed by atoms with E-state index in [2.05, 4.69) is 10.3 Å². The summed E-state index contributed by atoms with van der Waals surface area (Å²) in [6.07, 6.45) is 0. The number of carbonyl (C=O) groups excluding carboxylic acids is 2. The van der Waals surface area contributed by atoms with Crippen molar-refractivity contribution in [2.24, 2.45) is 0 Å². The van der Waals surface area contributed by atoms with Gasteiger partial charge in [0.1, 0.15) is 5.75 Å². The van der Waals surface area contributed by atoms with Gasteiger partial charge in [0.25, 0.3) is 5.91 Å². The van der Waals surface area contributed by atoms with Crippen molar-refractivity contribution in [3.8, 4) is 23.0 Å². The van der Waals surface area contributed by atoms with Crippen molar-refractivity contribution in [3.05, 3.63) is 68.7 Å². The maximum Gasteiger partial charge on any atom is 0.257 e. The summed E-state index contributed by atoms with van der Waals surface area (Å²) < 4.78 is 22.5. The molecule has 8 nitrogen and oxygen atoms in total. The van der Waals surface area contributed by atoms with Gasteiger partial charge >= 0.3 is 0 Å². The summed E-state index contributed by atoms with van der Waals surface area (Å²) in [4.78, 5) is 31.3. The predicted molar refractivity (Wildman–Crippen MR) is 145 cm³/mol. The van der Waals surface area contributed by atoms with Gasteiger partial charge in [-0.3, -0.25) is 14.9 Å². The number of thiazole rings is 1. The first-order valence-electron chi connectivity index (χ1n) is 10.8. The van der Waals surface area contributed by atoms with Crippen LogP contribution in [-0.4, -0.2) is 45.1 Å². The summed E-state index contributed by atoms with van der Waals surface area (Å²) >= 11 is 13.1. The average Bonchev–Trinajstić information content (AvgIpc) is 3.30. The number of aryl methyl sites for hydroxylation is 1. The zero-order chi connectivity index (χ0) is 26.9. The third-order valence-corrected chi connectivity index (χ3v) is 7.37. The molecular weight excluding hydrogens is 539 g/mol. The molecule has 1 aromatic heterocycles. The molecule has 0 unspecified atom stereocenters. The fraction of sp³-hybridized carbons (Fsp3) is 0.192. The Labute approximate surface area is 227 Å². The van der Waals surface area contributed by atoms with Gasteiger partial charge in [-0.1, -0.05) is 34.5 Å². The lowest BCUT2D eigenvalue weighted by Gasteiger charge is -2.18. The molecule has 192 valence electrons. The number of carbonyl (C=O) groups is 2. The zero-order valence-corrected chi connectivity index (χ0v) is 22.9. The molecule has 0 saturated carbocycles. The highest BCUT2D eigenvalue weighted by Gasteiger charge is 2.29. The number of methoxy groups -OCH3 is 4. The molecule has 1 N–H and O–H groups in total. The Morgan fingerprint density at radius 2 is 1.54 bits per heavy atom. The number of amides is 1. The molecule has 37 heavy (non-hydrogen) atoms. The van der Waals surface area contributed by atoms with Crippen LogP contribution in [0.15, 0.2) is 36.4 Å². The van der Waals surface area contributed by atoms with Crippen LogP contribution in [0.4, 0.5) is 5.13 Å². The van der Waals surface area contributed by atoms with Gasteiger partial charge in [0.05, 0.1) is 59.8 Å². The number of fused-ring (bicyclic) bond motifs is 1. The molecule has 0 aliphatic rings. The number of halogens is 2. The minimum atomic E-state index is -0.421. The summed E-state index contributed by atoms with van der Waals surface area (Å²) in [7, 11) is 5.91. The molecule has 11 heteroatoms. The number of rotatable bonds is 8. The lowest BCUT2D eigenvalue weighted by molar-refractivity contribution is 0.102. The number of aromatic nitrogens is 1. The molecule has 0 aliphatic heterocycles. The Morgan fingerprint density at radius 1 is 0.838 bits per heavy atom. The van der Waals surface area contributed by atoms with E-state index in [1.807, 2.05) is 0 Å². The zero-order valence-electron chi connectivity index (χ0n) is 20.5. The van der Waals surface area contributed by atoms with Crippen LogP contribution in [0.2, 0.25) is 10.0 Å². The van der Waals surface area contributed by atoms with Gasteiger partial charge in [-0.15, -0.1) is 0 Å². The van der Waals surface area contributed by atoms with E-state index in [0.717, 1.165) is 11.3 Å². The van der Waals surface area contributed by atoms with E-state index in [0.29, 0.717) is 54.3 Å². The van der Waals surface area contributed by atoms with Gasteiger partial charge in [-0.2, -0.15) is 0 Å². The number of ketones is 1. The van der Waals surface area contributed by atoms with E-state index in [1.54, 1.807) is 31.2 Å². The predicted octanol–water partition coefficient (Wildman–Crippen LogP) is 6.43. The Morgan fingerprint density at radius 3 is 2.16 bits per heavy atom. The average molecular weight is 561 g/mol. The quantitative estimate of drug-likeness (QED) is 0.248. The number of nitrogens with one attached hydrogen (secondary N) is 1. The van der Waals surface area contributed by atoms with Crippen LogP contribution < -0.4 is 24.3 Å². The third-order valence-electron chi connectivity index (χ3n) is 5.62. The lowest BCUT2D eigenvalue weighted by Crippen LogP contribution is -2.11. The van der Waals surface area contributed by atoms with E-state index < -0.39 is 5.91 Å². The van der Waals surface area contributed by atoms with Gasteiger partial charge < -0.3 is 18.9 Å². The number of anilines is 1. The SMILES string of the molecule is COc1cc(C)c(C(=O)c2c(OC)ccc3nc(NC(=O)c4ccc(Cl)c(Cl)c4)sc23)c(OC)c1OC. The van der Waals surface area contributed by atoms with Crippen molar-refractivity contribution in [3.63, 3.8) is 0 Å². The maximum absolute atomic E-state index is 14.0. The molecule has 4 rings (SSSR count). The van der Waals surface area contributed by atoms with Crippen molar-refractivity contribution in [2.45, 2.75) is 6.92 Å². The van der Waals surface area contributed by atoms with Crippen molar-refractivity contribution < 1.29 is 28.5 Å². The Balaban J connectivity index is 1.82. The Kier molecular flexibility index (Phi) is 7.77. The minimum Gasteiger partial charge on any atom is -0.496 e. The van der Waals surface area contributed by atoms with E-state index in [1.165, 1.54) is 40.6 Å². The van der Waals surface area contributed by atoms with Crippen molar-refractivity contribution in [1.29, 1.82) is 0 Å². The summed E-state index contributed by atoms with van der Waals surface area (Å²) in [5, 5.41) is 3.66. The molecule has 1 heterocycles. The normalized spacial score (nSPS) is 10.8.